The number of hydrogen-bond acceptors (Lipinski definition) is 11. The van der Waals surface area contributed by atoms with Gasteiger partial charge in [-0.1, -0.05) is 26.0 Å². The van der Waals surface area contributed by atoms with Gasteiger partial charge >= 0.3 is 12.1 Å². The van der Waals surface area contributed by atoms with Gasteiger partial charge in [0.25, 0.3) is 5.91 Å². The van der Waals surface area contributed by atoms with Crippen molar-refractivity contribution in [3.8, 4) is 17.6 Å². The van der Waals surface area contributed by atoms with Crippen molar-refractivity contribution in [3.05, 3.63) is 30.4 Å². The van der Waals surface area contributed by atoms with Crippen LogP contribution in [0.2, 0.25) is 0 Å². The van der Waals surface area contributed by atoms with E-state index in [4.69, 9.17) is 14.2 Å². The quantitative estimate of drug-likeness (QED) is 0.308. The fourth-order valence-electron chi connectivity index (χ4n) is 8.24. The van der Waals surface area contributed by atoms with Crippen LogP contribution < -0.4 is 24.2 Å². The lowest BCUT2D eigenvalue weighted by molar-refractivity contribution is -0.146. The lowest BCUT2D eigenvalue weighted by Gasteiger charge is -2.43. The minimum atomic E-state index is -4.42. The maximum Gasteiger partial charge on any atom is 0.408 e. The summed E-state index contributed by atoms with van der Waals surface area (Å²) in [7, 11) is -1.51. The molecule has 2 aromatic rings. The lowest BCUT2D eigenvalue weighted by atomic mass is 9.85. The number of carbonyl (C=O) groups excluding carboxylic acids is 3. The van der Waals surface area contributed by atoms with Gasteiger partial charge in [0.1, 0.15) is 40.9 Å². The number of fused-ring (bicyclic) bond motifs is 3. The van der Waals surface area contributed by atoms with E-state index in [0.717, 1.165) is 4.90 Å². The van der Waals surface area contributed by atoms with Gasteiger partial charge < -0.3 is 29.5 Å². The summed E-state index contributed by atoms with van der Waals surface area (Å²) in [4.78, 5) is 67.9. The van der Waals surface area contributed by atoms with Crippen LogP contribution in [0.4, 0.5) is 9.18 Å². The number of aromatic nitrogens is 2. The zero-order chi connectivity index (χ0) is 41.7. The van der Waals surface area contributed by atoms with Gasteiger partial charge in [-0.15, -0.1) is 0 Å². The maximum atomic E-state index is 15.1. The van der Waals surface area contributed by atoms with Gasteiger partial charge in [-0.25, -0.2) is 17.6 Å². The van der Waals surface area contributed by atoms with Crippen LogP contribution in [-0.4, -0.2) is 119 Å². The number of methoxy groups -OCH3 is 2. The summed E-state index contributed by atoms with van der Waals surface area (Å²) in [6, 6.07) is 2.58. The Balaban J connectivity index is 1.41. The average Bonchev–Trinajstić information content (AvgIpc) is 4.05. The van der Waals surface area contributed by atoms with E-state index in [-0.39, 0.29) is 50.0 Å². The topological polar surface area (TPSA) is 207 Å². The number of halogens is 1. The molecule has 0 unspecified atom stereocenters. The van der Waals surface area contributed by atoms with Crippen LogP contribution in [0.15, 0.2) is 30.4 Å². The molecular weight excluding hydrogens is 764 g/mol. The molecule has 4 amide bonds. The summed E-state index contributed by atoms with van der Waals surface area (Å²) in [5, 5.41) is 13.9. The number of hydrogen-bond donors (Lipinski definition) is 3. The predicted molar refractivity (Wildman–Crippen MR) is 206 cm³/mol. The third kappa shape index (κ3) is 8.19. The van der Waals surface area contributed by atoms with Crippen molar-refractivity contribution in [2.24, 2.45) is 17.8 Å². The number of benzene rings is 1. The fourth-order valence-corrected chi connectivity index (χ4v) is 9.67. The minimum absolute atomic E-state index is 0.00539. The largest absolute Gasteiger partial charge is 0.497 e. The molecule has 6 rings (SSSR count). The van der Waals surface area contributed by atoms with Gasteiger partial charge in [-0.05, 0) is 83.3 Å². The van der Waals surface area contributed by atoms with Crippen molar-refractivity contribution < 1.29 is 51.3 Å². The van der Waals surface area contributed by atoms with E-state index in [1.165, 1.54) is 19.1 Å². The number of rotatable bonds is 9. The Kier molecular flexibility index (Phi) is 11.4. The molecule has 0 spiro atoms. The molecule has 2 aliphatic heterocycles. The van der Waals surface area contributed by atoms with Gasteiger partial charge in [-0.3, -0.25) is 24.0 Å². The highest BCUT2D eigenvalue weighted by Gasteiger charge is 2.64. The fraction of sp³-hybridized carbons (Fsp3) is 0.641. The number of sulfonamides is 1. The number of carboxylic acid groups (broad SMARTS) is 1. The summed E-state index contributed by atoms with van der Waals surface area (Å²) in [5.41, 5.74) is -2.28. The van der Waals surface area contributed by atoms with Crippen LogP contribution in [0.5, 0.6) is 17.6 Å². The predicted octanol–water partition coefficient (Wildman–Crippen LogP) is 3.98. The number of nitrogens with zero attached hydrogens (tertiary/aromatic N) is 4. The monoisotopic (exact) mass is 816 g/mol. The maximum absolute atomic E-state index is 15.1. The van der Waals surface area contributed by atoms with Crippen molar-refractivity contribution in [1.82, 2.24) is 29.8 Å². The Labute approximate surface area is 331 Å². The molecule has 3 heterocycles. The van der Waals surface area contributed by atoms with Gasteiger partial charge in [-0.2, -0.15) is 9.97 Å². The first-order valence-electron chi connectivity index (χ1n) is 19.3. The molecule has 7 atom stereocenters. The molecule has 1 aromatic heterocycles. The van der Waals surface area contributed by atoms with E-state index in [2.05, 4.69) is 20.0 Å². The van der Waals surface area contributed by atoms with Crippen molar-refractivity contribution in [2.45, 2.75) is 114 Å². The third-order valence-electron chi connectivity index (χ3n) is 11.7. The molecule has 312 valence electrons. The molecule has 16 nitrogen and oxygen atoms in total. The molecular formula is C39H53FN6O10S. The summed E-state index contributed by atoms with van der Waals surface area (Å²) in [6.45, 7) is 7.64. The number of nitrogens with one attached hydrogen (secondary N) is 2. The molecule has 4 aliphatic rings. The van der Waals surface area contributed by atoms with Crippen LogP contribution in [0.25, 0.3) is 10.9 Å². The molecule has 3 N–H and O–H groups in total. The number of carbonyl (C=O) groups is 4. The van der Waals surface area contributed by atoms with Crippen molar-refractivity contribution >= 4 is 44.7 Å². The second-order valence-corrected chi connectivity index (χ2v) is 19.1. The molecule has 18 heteroatoms. The van der Waals surface area contributed by atoms with Gasteiger partial charge in [0.05, 0.1) is 31.7 Å². The van der Waals surface area contributed by atoms with Crippen LogP contribution in [-0.2, 0) is 24.4 Å². The summed E-state index contributed by atoms with van der Waals surface area (Å²) < 4.78 is 57.8. The number of amides is 4. The Morgan fingerprint density at radius 1 is 1.12 bits per heavy atom. The molecule has 1 aromatic carbocycles. The number of alkyl halides is 1. The lowest BCUT2D eigenvalue weighted by Crippen LogP contribution is -2.62. The Hall–Kier alpha value is -4.74. The third-order valence-corrected chi connectivity index (χ3v) is 13.9. The zero-order valence-electron chi connectivity index (χ0n) is 33.4. The summed E-state index contributed by atoms with van der Waals surface area (Å²) >= 11 is 0. The first-order chi connectivity index (χ1) is 26.8. The second-order valence-electron chi connectivity index (χ2n) is 17.0. The van der Waals surface area contributed by atoms with Crippen molar-refractivity contribution in [2.75, 3.05) is 27.4 Å². The molecule has 3 fully saturated rings. The first-order valence-corrected chi connectivity index (χ1v) is 20.8. The van der Waals surface area contributed by atoms with Crippen LogP contribution in [0.3, 0.4) is 0 Å². The van der Waals surface area contributed by atoms with E-state index < -0.39 is 86.4 Å². The summed E-state index contributed by atoms with van der Waals surface area (Å²) in [5.74, 6) is -2.74. The second kappa shape index (κ2) is 15.5. The van der Waals surface area contributed by atoms with E-state index in [9.17, 15) is 32.3 Å². The van der Waals surface area contributed by atoms with Crippen molar-refractivity contribution in [3.63, 3.8) is 0 Å². The van der Waals surface area contributed by atoms with Gasteiger partial charge in [0, 0.05) is 23.9 Å². The Morgan fingerprint density at radius 3 is 2.46 bits per heavy atom. The molecule has 1 saturated heterocycles. The van der Waals surface area contributed by atoms with Crippen LogP contribution >= 0.6 is 0 Å². The molecule has 0 bridgehead atoms. The Morgan fingerprint density at radius 2 is 1.84 bits per heavy atom. The summed E-state index contributed by atoms with van der Waals surface area (Å²) in [6.07, 6.45) is 3.37. The first kappa shape index (κ1) is 41.9. The van der Waals surface area contributed by atoms with Gasteiger partial charge in [0.2, 0.25) is 27.7 Å². The van der Waals surface area contributed by atoms with Crippen LogP contribution in [0.1, 0.15) is 79.6 Å². The van der Waals surface area contributed by atoms with E-state index in [1.807, 2.05) is 19.9 Å². The highest BCUT2D eigenvalue weighted by molar-refractivity contribution is 7.91. The Bertz CT molecular complexity index is 2050. The van der Waals surface area contributed by atoms with E-state index in [1.54, 1.807) is 45.0 Å². The van der Waals surface area contributed by atoms with E-state index in [0.29, 0.717) is 35.9 Å². The molecule has 0 radical (unpaired) electrons. The zero-order valence-corrected chi connectivity index (χ0v) is 34.2. The number of ether oxygens (including phenoxy) is 3. The molecule has 2 saturated carbocycles. The number of allylic oxidation sites excluding steroid dienone is 1. The highest BCUT2D eigenvalue weighted by atomic mass is 32.2. The highest BCUT2D eigenvalue weighted by Crippen LogP contribution is 2.48. The minimum Gasteiger partial charge on any atom is -0.497 e. The SMILES string of the molecule is COc1ccc2c(O[C@@H]3C[C@H]4C(=O)N[C@]5(C(=O)NS(=O)(=O)C6(CF)CC6)C[C@H]5/C=C\CC[C@@H](C)C[C@@H](C)[C@H](N(C(=O)O)C(C)(C)C)C(=O)N4C3)nc(OC)nc2c1. The standard InChI is InChI=1S/C39H53FN6O10S/c1-22-10-8-9-11-24-19-39(24,34(49)44-57(52,53)38(21-40)14-15-38)43-31(47)29-18-26(56-32-27-13-12-25(54-6)17-28(27)41-35(42-32)55-7)20-45(29)33(48)30(23(2)16-22)46(36(50)51)37(3,4)5/h9,11-13,17,22-24,26,29-30H,8,10,14-16,18-21H2,1-7H3,(H,43,47)(H,44,49)(H,50,51)/b11-9-/t22-,23-,24-,26-,29+,30+,39-/m1/s1. The van der Waals surface area contributed by atoms with Crippen molar-refractivity contribution in [1.29, 1.82) is 0 Å². The smallest absolute Gasteiger partial charge is 0.408 e. The normalized spacial score (nSPS) is 29.4. The molecule has 2 aliphatic carbocycles. The van der Waals surface area contributed by atoms with E-state index >= 15 is 4.79 Å². The van der Waals surface area contributed by atoms with Gasteiger partial charge in [0.15, 0.2) is 0 Å². The molecule has 57 heavy (non-hydrogen) atoms. The van der Waals surface area contributed by atoms with Crippen LogP contribution in [0, 0.1) is 17.8 Å². The average molecular weight is 817 g/mol.